The van der Waals surface area contributed by atoms with E-state index in [2.05, 4.69) is 4.74 Å². The maximum absolute atomic E-state index is 10.4. The lowest BCUT2D eigenvalue weighted by Gasteiger charge is -2.36. The third-order valence-corrected chi connectivity index (χ3v) is 1.83. The number of aliphatic hydroxyl groups excluding tert-OH is 4. The molecule has 0 aromatic carbocycles. The maximum atomic E-state index is 10.4. The first-order chi connectivity index (χ1) is 5.95. The Balaban J connectivity index is 2.76. The van der Waals surface area contributed by atoms with Crippen molar-refractivity contribution in [2.45, 2.75) is 30.7 Å². The Morgan fingerprint density at radius 1 is 1.00 bits per heavy atom. The molecule has 1 unspecified atom stereocenters. The highest BCUT2D eigenvalue weighted by atomic mass is 16.6. The number of carbonyl (C=O) groups is 1. The minimum Gasteiger partial charge on any atom is -0.479 e. The van der Waals surface area contributed by atoms with Gasteiger partial charge in [0.05, 0.1) is 0 Å². The summed E-state index contributed by atoms with van der Waals surface area (Å²) in [6, 6.07) is 0. The summed E-state index contributed by atoms with van der Waals surface area (Å²) >= 11 is 0. The Morgan fingerprint density at radius 2 is 1.54 bits per heavy atom. The largest absolute Gasteiger partial charge is 0.479 e. The normalized spacial score (nSPS) is 46.0. The lowest BCUT2D eigenvalue weighted by Crippen LogP contribution is -2.59. The van der Waals surface area contributed by atoms with E-state index >= 15 is 0 Å². The Hall–Kier alpha value is -0.730. The van der Waals surface area contributed by atoms with E-state index in [4.69, 9.17) is 25.5 Å². The van der Waals surface area contributed by atoms with Gasteiger partial charge < -0.3 is 30.3 Å². The van der Waals surface area contributed by atoms with E-state index in [-0.39, 0.29) is 0 Å². The van der Waals surface area contributed by atoms with Gasteiger partial charge >= 0.3 is 5.97 Å². The molecule has 0 aromatic heterocycles. The van der Waals surface area contributed by atoms with Crippen LogP contribution in [0, 0.1) is 0 Å². The molecule has 0 radical (unpaired) electrons. The molecule has 0 amide bonds. The highest BCUT2D eigenvalue weighted by Crippen LogP contribution is 2.19. The van der Waals surface area contributed by atoms with Crippen molar-refractivity contribution in [1.82, 2.24) is 0 Å². The second-order valence-electron chi connectivity index (χ2n) is 2.76. The van der Waals surface area contributed by atoms with E-state index in [1.807, 2.05) is 0 Å². The molecule has 7 nitrogen and oxygen atoms in total. The van der Waals surface area contributed by atoms with Gasteiger partial charge in [-0.05, 0) is 0 Å². The van der Waals surface area contributed by atoms with Crippen molar-refractivity contribution in [2.75, 3.05) is 0 Å². The summed E-state index contributed by atoms with van der Waals surface area (Å²) in [6.07, 6.45) is -8.72. The number of hydrogen-bond donors (Lipinski definition) is 5. The van der Waals surface area contributed by atoms with Crippen LogP contribution in [0.4, 0.5) is 0 Å². The second-order valence-corrected chi connectivity index (χ2v) is 2.76. The summed E-state index contributed by atoms with van der Waals surface area (Å²) in [6.45, 7) is 0. The summed E-state index contributed by atoms with van der Waals surface area (Å²) in [5, 5.41) is 44.4. The quantitative estimate of drug-likeness (QED) is 0.298. The fourth-order valence-electron chi connectivity index (χ4n) is 1.07. The summed E-state index contributed by atoms with van der Waals surface area (Å²) in [7, 11) is 0. The number of ether oxygens (including phenoxy) is 1. The molecule has 76 valence electrons. The molecule has 0 bridgehead atoms. The van der Waals surface area contributed by atoms with Gasteiger partial charge in [-0.2, -0.15) is 0 Å². The Kier molecular flexibility index (Phi) is 2.84. The van der Waals surface area contributed by atoms with Crippen LogP contribution in [0.15, 0.2) is 0 Å². The van der Waals surface area contributed by atoms with Gasteiger partial charge in [-0.3, -0.25) is 0 Å². The molecule has 5 atom stereocenters. The summed E-state index contributed by atoms with van der Waals surface area (Å²) in [4.78, 5) is 10.4. The SMILES string of the molecule is O=C(O)[C@H]1O[C@@H](O)[C@H](O)C(O)[C@@H]1O. The van der Waals surface area contributed by atoms with Crippen LogP contribution in [0.5, 0.6) is 0 Å². The average Bonchev–Trinajstić information content (AvgIpc) is 2.07. The van der Waals surface area contributed by atoms with Crippen LogP contribution in [-0.4, -0.2) is 62.2 Å². The van der Waals surface area contributed by atoms with Crippen molar-refractivity contribution < 1.29 is 35.1 Å². The van der Waals surface area contributed by atoms with Crippen molar-refractivity contribution in [2.24, 2.45) is 0 Å². The summed E-state index contributed by atoms with van der Waals surface area (Å²) in [5.74, 6) is -1.52. The van der Waals surface area contributed by atoms with Gasteiger partial charge in [0, 0.05) is 0 Å². The predicted molar refractivity (Wildman–Crippen MR) is 36.5 cm³/mol. The Morgan fingerprint density at radius 3 is 2.00 bits per heavy atom. The highest BCUT2D eigenvalue weighted by molar-refractivity contribution is 5.73. The minimum absolute atomic E-state index is 1.52. The molecule has 1 aliphatic heterocycles. The third kappa shape index (κ3) is 1.79. The third-order valence-electron chi connectivity index (χ3n) is 1.83. The van der Waals surface area contributed by atoms with Crippen molar-refractivity contribution in [3.8, 4) is 0 Å². The van der Waals surface area contributed by atoms with Gasteiger partial charge in [0.1, 0.15) is 18.3 Å². The molecular weight excluding hydrogens is 184 g/mol. The first-order valence-corrected chi connectivity index (χ1v) is 3.55. The zero-order chi connectivity index (χ0) is 10.2. The molecule has 1 saturated heterocycles. The molecule has 1 aliphatic rings. The molecule has 1 rings (SSSR count). The monoisotopic (exact) mass is 194 g/mol. The smallest absolute Gasteiger partial charge is 0.335 e. The topological polar surface area (TPSA) is 127 Å². The number of carboxylic acids is 1. The van der Waals surface area contributed by atoms with Gasteiger partial charge in [0.15, 0.2) is 12.4 Å². The van der Waals surface area contributed by atoms with Crippen LogP contribution in [0.1, 0.15) is 0 Å². The molecule has 1 heterocycles. The van der Waals surface area contributed by atoms with Crippen LogP contribution in [0.3, 0.4) is 0 Å². The highest BCUT2D eigenvalue weighted by Gasteiger charge is 2.46. The van der Waals surface area contributed by atoms with E-state index in [1.165, 1.54) is 0 Å². The van der Waals surface area contributed by atoms with E-state index < -0.39 is 36.7 Å². The Bertz CT molecular complexity index is 205. The molecule has 1 fully saturated rings. The van der Waals surface area contributed by atoms with E-state index in [1.54, 1.807) is 0 Å². The van der Waals surface area contributed by atoms with Gasteiger partial charge in [0.2, 0.25) is 0 Å². The van der Waals surface area contributed by atoms with E-state index in [0.717, 1.165) is 0 Å². The summed E-state index contributed by atoms with van der Waals surface area (Å²) < 4.78 is 4.34. The van der Waals surface area contributed by atoms with Gasteiger partial charge in [0.25, 0.3) is 0 Å². The van der Waals surface area contributed by atoms with Crippen molar-refractivity contribution >= 4 is 5.97 Å². The zero-order valence-corrected chi connectivity index (χ0v) is 6.44. The first-order valence-electron chi connectivity index (χ1n) is 3.55. The number of aliphatic carboxylic acids is 1. The van der Waals surface area contributed by atoms with E-state index in [9.17, 15) is 4.79 Å². The second kappa shape index (κ2) is 3.56. The van der Waals surface area contributed by atoms with Crippen molar-refractivity contribution in [1.29, 1.82) is 0 Å². The minimum atomic E-state index is -1.81. The molecular formula is C6H10O7. The van der Waals surface area contributed by atoms with Crippen LogP contribution in [0.2, 0.25) is 0 Å². The Labute approximate surface area is 72.8 Å². The average molecular weight is 194 g/mol. The van der Waals surface area contributed by atoms with E-state index in [0.29, 0.717) is 0 Å². The predicted octanol–water partition coefficient (Wildman–Crippen LogP) is -3.13. The van der Waals surface area contributed by atoms with Crippen LogP contribution in [-0.2, 0) is 9.53 Å². The number of hydrogen-bond acceptors (Lipinski definition) is 6. The van der Waals surface area contributed by atoms with Gasteiger partial charge in [-0.1, -0.05) is 0 Å². The standard InChI is InChI=1S/C6H10O7/c7-1-2(8)4(5(10)11)13-6(12)3(1)9/h1-4,6-9,12H,(H,10,11)/t1?,2-,3+,4-,6+/m0/s1. The number of carboxylic acid groups (broad SMARTS) is 1. The molecule has 0 aliphatic carbocycles. The molecule has 0 aromatic rings. The van der Waals surface area contributed by atoms with Crippen LogP contribution < -0.4 is 0 Å². The van der Waals surface area contributed by atoms with Crippen LogP contribution >= 0.6 is 0 Å². The lowest BCUT2D eigenvalue weighted by atomic mass is 9.99. The number of aliphatic hydroxyl groups is 4. The maximum Gasteiger partial charge on any atom is 0.335 e. The lowest BCUT2D eigenvalue weighted by molar-refractivity contribution is -0.279. The molecule has 0 spiro atoms. The molecule has 0 saturated carbocycles. The van der Waals surface area contributed by atoms with Crippen LogP contribution in [0.25, 0.3) is 0 Å². The first kappa shape index (κ1) is 10.4. The van der Waals surface area contributed by atoms with Crippen molar-refractivity contribution in [3.63, 3.8) is 0 Å². The van der Waals surface area contributed by atoms with Gasteiger partial charge in [-0.15, -0.1) is 0 Å². The number of rotatable bonds is 1. The van der Waals surface area contributed by atoms with Gasteiger partial charge in [-0.25, -0.2) is 4.79 Å². The fourth-order valence-corrected chi connectivity index (χ4v) is 1.07. The molecule has 13 heavy (non-hydrogen) atoms. The molecule has 5 N–H and O–H groups in total. The molecule has 7 heteroatoms. The van der Waals surface area contributed by atoms with Crippen molar-refractivity contribution in [3.05, 3.63) is 0 Å². The zero-order valence-electron chi connectivity index (χ0n) is 6.44. The summed E-state index contributed by atoms with van der Waals surface area (Å²) in [5.41, 5.74) is 0. The fraction of sp³-hybridized carbons (Fsp3) is 0.833.